The van der Waals surface area contributed by atoms with Gasteiger partial charge in [-0.25, -0.2) is 4.98 Å². The van der Waals surface area contributed by atoms with Crippen molar-refractivity contribution < 1.29 is 0 Å². The van der Waals surface area contributed by atoms with Gasteiger partial charge in [-0.15, -0.1) is 5.10 Å². The fraction of sp³-hybridized carbons (Fsp3) is 0.200. The molecule has 1 aromatic carbocycles. The lowest BCUT2D eigenvalue weighted by Gasteiger charge is -2.09. The standard InChI is InChI=1S/C20H18N6OS/c1-12-17-16(26-19(22-12)23-20(24-26)28-2)8-10-25(18(17)27)9-7-13-11-21-15-6-4-3-5-14(13)15/h3-6,8,10-11,21H,7,9H2,1-2H3. The maximum atomic E-state index is 13.1. The lowest BCUT2D eigenvalue weighted by Crippen LogP contribution is -2.22. The monoisotopic (exact) mass is 390 g/mol. The highest BCUT2D eigenvalue weighted by molar-refractivity contribution is 7.98. The fourth-order valence-corrected chi connectivity index (χ4v) is 3.98. The van der Waals surface area contributed by atoms with Gasteiger partial charge in [-0.2, -0.15) is 9.50 Å². The molecule has 0 saturated carbocycles. The predicted molar refractivity (Wildman–Crippen MR) is 111 cm³/mol. The van der Waals surface area contributed by atoms with Crippen molar-refractivity contribution in [3.8, 4) is 0 Å². The van der Waals surface area contributed by atoms with Gasteiger partial charge in [0.25, 0.3) is 11.3 Å². The van der Waals surface area contributed by atoms with Crippen molar-refractivity contribution in [1.29, 1.82) is 0 Å². The van der Waals surface area contributed by atoms with Crippen LogP contribution >= 0.6 is 11.8 Å². The minimum atomic E-state index is -0.0505. The van der Waals surface area contributed by atoms with Crippen molar-refractivity contribution in [2.45, 2.75) is 25.0 Å². The number of hydrogen-bond acceptors (Lipinski definition) is 5. The normalized spacial score (nSPS) is 11.8. The van der Waals surface area contributed by atoms with Gasteiger partial charge in [-0.3, -0.25) is 4.79 Å². The summed E-state index contributed by atoms with van der Waals surface area (Å²) >= 11 is 1.45. The summed E-state index contributed by atoms with van der Waals surface area (Å²) in [4.78, 5) is 25.3. The van der Waals surface area contributed by atoms with Gasteiger partial charge in [0.15, 0.2) is 0 Å². The van der Waals surface area contributed by atoms with E-state index in [1.807, 2.05) is 43.8 Å². The molecule has 0 atom stereocenters. The van der Waals surface area contributed by atoms with Crippen LogP contribution in [0.1, 0.15) is 11.3 Å². The fourth-order valence-electron chi connectivity index (χ4n) is 3.65. The number of thioether (sulfide) groups is 1. The molecule has 4 aromatic heterocycles. The summed E-state index contributed by atoms with van der Waals surface area (Å²) in [5.41, 5.74) is 3.68. The SMILES string of the molecule is CSc1nc2nc(C)c3c(=O)n(CCc4c[nH]c5ccccc45)ccc3n2n1. The van der Waals surface area contributed by atoms with Gasteiger partial charge >= 0.3 is 0 Å². The van der Waals surface area contributed by atoms with Crippen molar-refractivity contribution in [1.82, 2.24) is 29.1 Å². The molecule has 0 aliphatic heterocycles. The molecule has 7 nitrogen and oxygen atoms in total. The number of aromatic nitrogens is 6. The number of rotatable bonds is 4. The van der Waals surface area contributed by atoms with E-state index in [0.717, 1.165) is 17.5 Å². The molecule has 0 spiro atoms. The topological polar surface area (TPSA) is 80.9 Å². The van der Waals surface area contributed by atoms with Crippen LogP contribution in [-0.4, -0.2) is 35.4 Å². The van der Waals surface area contributed by atoms with E-state index in [2.05, 4.69) is 32.2 Å². The van der Waals surface area contributed by atoms with E-state index < -0.39 is 0 Å². The number of fused-ring (bicyclic) bond motifs is 4. The maximum absolute atomic E-state index is 13.1. The molecule has 5 aromatic rings. The third-order valence-corrected chi connectivity index (χ3v) is 5.59. The number of H-pyrrole nitrogens is 1. The van der Waals surface area contributed by atoms with Gasteiger partial charge in [0.05, 0.1) is 16.6 Å². The molecule has 0 fully saturated rings. The Morgan fingerprint density at radius 3 is 2.89 bits per heavy atom. The second kappa shape index (κ2) is 6.49. The predicted octanol–water partition coefficient (Wildman–Crippen LogP) is 3.19. The van der Waals surface area contributed by atoms with Crippen LogP contribution in [0, 0.1) is 6.92 Å². The van der Waals surface area contributed by atoms with E-state index in [9.17, 15) is 4.79 Å². The van der Waals surface area contributed by atoms with Crippen LogP contribution in [0.5, 0.6) is 0 Å². The van der Waals surface area contributed by atoms with Crippen molar-refractivity contribution in [3.05, 3.63) is 64.3 Å². The number of nitrogens with zero attached hydrogens (tertiary/aromatic N) is 5. The molecule has 0 radical (unpaired) electrons. The second-order valence-electron chi connectivity index (χ2n) is 6.69. The lowest BCUT2D eigenvalue weighted by molar-refractivity contribution is 0.675. The summed E-state index contributed by atoms with van der Waals surface area (Å²) in [6.07, 6.45) is 6.54. The molecule has 0 bridgehead atoms. The third kappa shape index (κ3) is 2.60. The Hall–Kier alpha value is -3.13. The van der Waals surface area contributed by atoms with E-state index in [4.69, 9.17) is 0 Å². The Morgan fingerprint density at radius 1 is 1.18 bits per heavy atom. The van der Waals surface area contributed by atoms with Crippen LogP contribution < -0.4 is 5.56 Å². The van der Waals surface area contributed by atoms with Crippen LogP contribution in [0.4, 0.5) is 0 Å². The van der Waals surface area contributed by atoms with E-state index in [1.165, 1.54) is 22.7 Å². The summed E-state index contributed by atoms with van der Waals surface area (Å²) in [6, 6.07) is 10.1. The second-order valence-corrected chi connectivity index (χ2v) is 7.46. The van der Waals surface area contributed by atoms with Crippen molar-refractivity contribution in [2.75, 3.05) is 6.26 Å². The lowest BCUT2D eigenvalue weighted by atomic mass is 10.1. The number of aryl methyl sites for hydroxylation is 3. The average molecular weight is 390 g/mol. The van der Waals surface area contributed by atoms with Gasteiger partial charge in [0, 0.05) is 29.8 Å². The number of pyridine rings is 1. The molecule has 0 aliphatic carbocycles. The zero-order valence-corrected chi connectivity index (χ0v) is 16.3. The number of hydrogen-bond donors (Lipinski definition) is 1. The molecule has 5 rings (SSSR count). The van der Waals surface area contributed by atoms with Gasteiger partial charge in [0.2, 0.25) is 5.16 Å². The zero-order valence-electron chi connectivity index (χ0n) is 15.5. The number of nitrogens with one attached hydrogen (secondary N) is 1. The van der Waals surface area contributed by atoms with Crippen LogP contribution in [0.15, 0.2) is 52.7 Å². The number of benzene rings is 1. The van der Waals surface area contributed by atoms with Crippen molar-refractivity contribution in [3.63, 3.8) is 0 Å². The highest BCUT2D eigenvalue weighted by Crippen LogP contribution is 2.20. The van der Waals surface area contributed by atoms with Gasteiger partial charge < -0.3 is 9.55 Å². The summed E-state index contributed by atoms with van der Waals surface area (Å²) in [7, 11) is 0. The minimum absolute atomic E-state index is 0.0505. The van der Waals surface area contributed by atoms with E-state index in [0.29, 0.717) is 28.6 Å². The van der Waals surface area contributed by atoms with Crippen molar-refractivity contribution >= 4 is 39.3 Å². The zero-order chi connectivity index (χ0) is 19.3. The van der Waals surface area contributed by atoms with E-state index in [-0.39, 0.29) is 5.56 Å². The molecule has 4 heterocycles. The number of aromatic amines is 1. The Bertz CT molecular complexity index is 1400. The first-order valence-electron chi connectivity index (χ1n) is 9.01. The minimum Gasteiger partial charge on any atom is -0.361 e. The summed E-state index contributed by atoms with van der Waals surface area (Å²) in [5, 5.41) is 6.87. The molecular formula is C20H18N6OS. The van der Waals surface area contributed by atoms with E-state index >= 15 is 0 Å². The van der Waals surface area contributed by atoms with Crippen LogP contribution in [0.2, 0.25) is 0 Å². The van der Waals surface area contributed by atoms with Crippen LogP contribution in [0.25, 0.3) is 27.6 Å². The molecule has 0 unspecified atom stereocenters. The Balaban J connectivity index is 1.57. The molecule has 0 aliphatic rings. The van der Waals surface area contributed by atoms with Gasteiger partial charge in [-0.1, -0.05) is 30.0 Å². The van der Waals surface area contributed by atoms with Gasteiger partial charge in [-0.05, 0) is 37.3 Å². The Kier molecular flexibility index (Phi) is 3.94. The Labute approximate surface area is 164 Å². The molecule has 8 heteroatoms. The first-order chi connectivity index (χ1) is 13.7. The van der Waals surface area contributed by atoms with E-state index in [1.54, 1.807) is 9.08 Å². The molecule has 1 N–H and O–H groups in total. The Morgan fingerprint density at radius 2 is 2.04 bits per heavy atom. The van der Waals surface area contributed by atoms with Crippen LogP contribution in [0.3, 0.4) is 0 Å². The number of para-hydroxylation sites is 1. The maximum Gasteiger partial charge on any atom is 0.261 e. The van der Waals surface area contributed by atoms with Crippen LogP contribution in [-0.2, 0) is 13.0 Å². The molecule has 0 amide bonds. The highest BCUT2D eigenvalue weighted by Gasteiger charge is 2.14. The average Bonchev–Trinajstić information content (AvgIpc) is 3.31. The third-order valence-electron chi connectivity index (χ3n) is 5.05. The molecule has 28 heavy (non-hydrogen) atoms. The largest absolute Gasteiger partial charge is 0.361 e. The van der Waals surface area contributed by atoms with Crippen molar-refractivity contribution in [2.24, 2.45) is 0 Å². The molecular weight excluding hydrogens is 372 g/mol. The summed E-state index contributed by atoms with van der Waals surface area (Å²) in [5.74, 6) is 0.519. The first-order valence-corrected chi connectivity index (χ1v) is 10.2. The highest BCUT2D eigenvalue weighted by atomic mass is 32.2. The molecule has 140 valence electrons. The summed E-state index contributed by atoms with van der Waals surface area (Å²) < 4.78 is 3.40. The summed E-state index contributed by atoms with van der Waals surface area (Å²) in [6.45, 7) is 2.45. The van der Waals surface area contributed by atoms with Gasteiger partial charge in [0.1, 0.15) is 0 Å². The smallest absolute Gasteiger partial charge is 0.261 e. The first kappa shape index (κ1) is 17.0. The quantitative estimate of drug-likeness (QED) is 0.477. The molecule has 0 saturated heterocycles.